The number of benzene rings is 1. The Kier molecular flexibility index (Phi) is 5.88. The van der Waals surface area contributed by atoms with Gasteiger partial charge in [0.25, 0.3) is 0 Å². The lowest BCUT2D eigenvalue weighted by Crippen LogP contribution is -2.33. The van der Waals surface area contributed by atoms with Crippen LogP contribution in [0.15, 0.2) is 18.2 Å². The molecule has 0 aliphatic carbocycles. The van der Waals surface area contributed by atoms with Gasteiger partial charge in [-0.2, -0.15) is 0 Å². The molecule has 0 bridgehead atoms. The summed E-state index contributed by atoms with van der Waals surface area (Å²) in [7, 11) is 0. The maximum Gasteiger partial charge on any atom is 0.337 e. The average molecular weight is 311 g/mol. The summed E-state index contributed by atoms with van der Waals surface area (Å²) in [6, 6.07) is 5.88. The van der Waals surface area contributed by atoms with E-state index in [2.05, 4.69) is 17.6 Å². The zero-order chi connectivity index (χ0) is 15.2. The summed E-state index contributed by atoms with van der Waals surface area (Å²) in [5, 5.41) is 16.3. The largest absolute Gasteiger partial charge is 0.478 e. The van der Waals surface area contributed by atoms with Gasteiger partial charge in [-0.05, 0) is 50.9 Å². The highest BCUT2D eigenvalue weighted by molar-refractivity contribution is 6.33. The molecule has 0 amide bonds. The minimum Gasteiger partial charge on any atom is -0.478 e. The smallest absolute Gasteiger partial charge is 0.337 e. The molecule has 2 rings (SSSR count). The Morgan fingerprint density at radius 1 is 1.48 bits per heavy atom. The first-order valence-electron chi connectivity index (χ1n) is 7.59. The molecule has 1 fully saturated rings. The summed E-state index contributed by atoms with van der Waals surface area (Å²) < 4.78 is 0. The number of anilines is 1. The molecule has 0 radical (unpaired) electrons. The number of rotatable bonds is 5. The van der Waals surface area contributed by atoms with Gasteiger partial charge in [0, 0.05) is 17.8 Å². The molecule has 2 atom stereocenters. The number of carbonyl (C=O) groups is 1. The van der Waals surface area contributed by atoms with Crippen molar-refractivity contribution in [1.29, 1.82) is 0 Å². The molecule has 21 heavy (non-hydrogen) atoms. The van der Waals surface area contributed by atoms with Crippen LogP contribution in [0.2, 0.25) is 5.02 Å². The first kappa shape index (κ1) is 16.1. The quantitative estimate of drug-likeness (QED) is 0.775. The van der Waals surface area contributed by atoms with Gasteiger partial charge >= 0.3 is 5.97 Å². The number of hydrogen-bond donors (Lipinski definition) is 3. The molecular weight excluding hydrogens is 288 g/mol. The van der Waals surface area contributed by atoms with Crippen LogP contribution in [0.5, 0.6) is 0 Å². The third kappa shape index (κ3) is 4.90. The van der Waals surface area contributed by atoms with Crippen molar-refractivity contribution in [1.82, 2.24) is 5.32 Å². The third-order valence-electron chi connectivity index (χ3n) is 3.91. The van der Waals surface area contributed by atoms with Crippen molar-refractivity contribution in [2.75, 3.05) is 11.9 Å². The first-order chi connectivity index (χ1) is 10.1. The van der Waals surface area contributed by atoms with Crippen molar-refractivity contribution in [3.05, 3.63) is 28.8 Å². The van der Waals surface area contributed by atoms with E-state index in [4.69, 9.17) is 16.7 Å². The summed E-state index contributed by atoms with van der Waals surface area (Å²) in [5.41, 5.74) is 0.944. The van der Waals surface area contributed by atoms with Crippen molar-refractivity contribution in [3.63, 3.8) is 0 Å². The third-order valence-corrected chi connectivity index (χ3v) is 4.24. The van der Waals surface area contributed by atoms with E-state index in [1.54, 1.807) is 12.1 Å². The van der Waals surface area contributed by atoms with E-state index in [9.17, 15) is 4.79 Å². The summed E-state index contributed by atoms with van der Waals surface area (Å²) in [4.78, 5) is 11.1. The maximum atomic E-state index is 11.1. The van der Waals surface area contributed by atoms with Gasteiger partial charge in [0.05, 0.1) is 10.6 Å². The maximum absolute atomic E-state index is 11.1. The van der Waals surface area contributed by atoms with E-state index < -0.39 is 5.97 Å². The number of carboxylic acids is 1. The Balaban J connectivity index is 1.94. The Bertz CT molecular complexity index is 485. The molecular formula is C16H23ClN2O2. The summed E-state index contributed by atoms with van der Waals surface area (Å²) >= 11 is 5.88. The zero-order valence-electron chi connectivity index (χ0n) is 12.4. The van der Waals surface area contributed by atoms with Gasteiger partial charge in [-0.3, -0.25) is 0 Å². The molecule has 1 aromatic rings. The predicted molar refractivity (Wildman–Crippen MR) is 86.4 cm³/mol. The lowest BCUT2D eigenvalue weighted by molar-refractivity contribution is 0.0697. The van der Waals surface area contributed by atoms with Gasteiger partial charge < -0.3 is 15.7 Å². The minimum atomic E-state index is -0.998. The van der Waals surface area contributed by atoms with E-state index in [0.717, 1.165) is 18.7 Å². The van der Waals surface area contributed by atoms with Gasteiger partial charge in [-0.15, -0.1) is 0 Å². The SMILES string of the molecule is CC(CC1CCCCCN1)Nc1ccc(Cl)c(C(=O)O)c1. The summed E-state index contributed by atoms with van der Waals surface area (Å²) in [6.45, 7) is 3.23. The molecule has 3 N–H and O–H groups in total. The minimum absolute atomic E-state index is 0.140. The number of halogens is 1. The lowest BCUT2D eigenvalue weighted by Gasteiger charge is -2.22. The fourth-order valence-corrected chi connectivity index (χ4v) is 3.05. The van der Waals surface area contributed by atoms with Crippen molar-refractivity contribution in [2.24, 2.45) is 0 Å². The van der Waals surface area contributed by atoms with Crippen LogP contribution in [0.4, 0.5) is 5.69 Å². The van der Waals surface area contributed by atoms with Crippen LogP contribution in [0, 0.1) is 0 Å². The monoisotopic (exact) mass is 310 g/mol. The van der Waals surface area contributed by atoms with Crippen LogP contribution in [0.1, 0.15) is 49.4 Å². The molecule has 4 nitrogen and oxygen atoms in total. The van der Waals surface area contributed by atoms with Crippen molar-refractivity contribution < 1.29 is 9.90 Å². The Labute approximate surface area is 130 Å². The molecule has 5 heteroatoms. The van der Waals surface area contributed by atoms with E-state index in [-0.39, 0.29) is 16.6 Å². The topological polar surface area (TPSA) is 61.4 Å². The molecule has 1 aliphatic heterocycles. The van der Waals surface area contributed by atoms with Crippen molar-refractivity contribution >= 4 is 23.3 Å². The van der Waals surface area contributed by atoms with E-state index >= 15 is 0 Å². The number of carboxylic acid groups (broad SMARTS) is 1. The average Bonchev–Trinajstić information content (AvgIpc) is 2.69. The van der Waals surface area contributed by atoms with Gasteiger partial charge in [-0.25, -0.2) is 4.79 Å². The van der Waals surface area contributed by atoms with Crippen LogP contribution in [-0.2, 0) is 0 Å². The molecule has 1 saturated heterocycles. The lowest BCUT2D eigenvalue weighted by atomic mass is 10.0. The summed E-state index contributed by atoms with van der Waals surface area (Å²) in [5.74, 6) is -0.998. The zero-order valence-corrected chi connectivity index (χ0v) is 13.1. The number of hydrogen-bond acceptors (Lipinski definition) is 3. The Hall–Kier alpha value is -1.26. The number of aromatic carboxylic acids is 1. The first-order valence-corrected chi connectivity index (χ1v) is 7.97. The molecule has 2 unspecified atom stereocenters. The molecule has 0 aromatic heterocycles. The van der Waals surface area contributed by atoms with Gasteiger partial charge in [0.15, 0.2) is 0 Å². The molecule has 1 aliphatic rings. The highest BCUT2D eigenvalue weighted by Gasteiger charge is 2.16. The number of nitrogens with one attached hydrogen (secondary N) is 2. The van der Waals surface area contributed by atoms with Gasteiger partial charge in [0.1, 0.15) is 0 Å². The second-order valence-electron chi connectivity index (χ2n) is 5.78. The predicted octanol–water partition coefficient (Wildman–Crippen LogP) is 3.76. The van der Waals surface area contributed by atoms with Crippen LogP contribution < -0.4 is 10.6 Å². The van der Waals surface area contributed by atoms with Crippen molar-refractivity contribution in [2.45, 2.75) is 51.1 Å². The van der Waals surface area contributed by atoms with Crippen LogP contribution in [0.3, 0.4) is 0 Å². The standard InChI is InChI=1S/C16H23ClN2O2/c1-11(9-12-5-3-2-4-8-18-12)19-13-6-7-15(17)14(10-13)16(20)21/h6-7,10-12,18-19H,2-5,8-9H2,1H3,(H,20,21). The van der Waals surface area contributed by atoms with Crippen LogP contribution in [0.25, 0.3) is 0 Å². The molecule has 116 valence electrons. The van der Waals surface area contributed by atoms with E-state index in [0.29, 0.717) is 6.04 Å². The molecule has 1 heterocycles. The van der Waals surface area contributed by atoms with E-state index in [1.807, 2.05) is 6.07 Å². The molecule has 1 aromatic carbocycles. The van der Waals surface area contributed by atoms with Crippen molar-refractivity contribution in [3.8, 4) is 0 Å². The molecule has 0 spiro atoms. The van der Waals surface area contributed by atoms with E-state index in [1.165, 1.54) is 25.7 Å². The fraction of sp³-hybridized carbons (Fsp3) is 0.562. The molecule has 0 saturated carbocycles. The highest BCUT2D eigenvalue weighted by Crippen LogP contribution is 2.22. The second kappa shape index (κ2) is 7.66. The van der Waals surface area contributed by atoms with Crippen LogP contribution in [-0.4, -0.2) is 29.7 Å². The Morgan fingerprint density at radius 2 is 2.29 bits per heavy atom. The van der Waals surface area contributed by atoms with Crippen LogP contribution >= 0.6 is 11.6 Å². The normalized spacial score (nSPS) is 20.6. The van der Waals surface area contributed by atoms with Gasteiger partial charge in [-0.1, -0.05) is 24.4 Å². The second-order valence-corrected chi connectivity index (χ2v) is 6.19. The highest BCUT2D eigenvalue weighted by atomic mass is 35.5. The Morgan fingerprint density at radius 3 is 3.05 bits per heavy atom. The summed E-state index contributed by atoms with van der Waals surface area (Å²) in [6.07, 6.45) is 6.11. The fourth-order valence-electron chi connectivity index (χ4n) is 2.85. The van der Waals surface area contributed by atoms with Gasteiger partial charge in [0.2, 0.25) is 0 Å².